The van der Waals surface area contributed by atoms with E-state index in [1.165, 1.54) is 47.9 Å². The van der Waals surface area contributed by atoms with Gasteiger partial charge in [0.2, 0.25) is 0 Å². The minimum atomic E-state index is -0.440. The van der Waals surface area contributed by atoms with Crippen LogP contribution in [0, 0.1) is 0 Å². The Morgan fingerprint density at radius 1 is 1.03 bits per heavy atom. The highest BCUT2D eigenvalue weighted by atomic mass is 19.1. The number of ether oxygens (including phenoxy) is 3. The SMILES string of the molecule is COc1cc2c(cc1OC)CN(CCCC1CCCc3c(OCCF)cccc31)CC2. The van der Waals surface area contributed by atoms with E-state index in [-0.39, 0.29) is 6.61 Å². The lowest BCUT2D eigenvalue weighted by Gasteiger charge is -2.31. The molecule has 0 amide bonds. The standard InChI is InChI=1S/C26H34FNO3/c1-29-25-16-20-11-14-28(18-21(20)17-26(25)30-2)13-5-7-19-6-3-9-23-22(19)8-4-10-24(23)31-15-12-27/h4,8,10,16-17,19H,3,5-7,9,11-15,18H2,1-2H3. The van der Waals surface area contributed by atoms with Crippen molar-refractivity contribution in [2.24, 2.45) is 0 Å². The molecule has 1 aliphatic heterocycles. The van der Waals surface area contributed by atoms with Crippen molar-refractivity contribution in [1.29, 1.82) is 0 Å². The maximum absolute atomic E-state index is 12.6. The third-order valence-electron chi connectivity index (χ3n) is 6.75. The molecule has 0 saturated heterocycles. The first-order valence-electron chi connectivity index (χ1n) is 11.5. The molecule has 0 bridgehead atoms. The van der Waals surface area contributed by atoms with Crippen LogP contribution in [0.2, 0.25) is 0 Å². The summed E-state index contributed by atoms with van der Waals surface area (Å²) in [4.78, 5) is 2.55. The number of alkyl halides is 1. The zero-order valence-corrected chi connectivity index (χ0v) is 18.8. The van der Waals surface area contributed by atoms with Crippen LogP contribution in [-0.2, 0) is 19.4 Å². The molecule has 4 rings (SSSR count). The van der Waals surface area contributed by atoms with E-state index in [9.17, 15) is 4.39 Å². The monoisotopic (exact) mass is 427 g/mol. The van der Waals surface area contributed by atoms with E-state index in [4.69, 9.17) is 14.2 Å². The second-order valence-electron chi connectivity index (χ2n) is 8.59. The van der Waals surface area contributed by atoms with Gasteiger partial charge in [0.25, 0.3) is 0 Å². The molecule has 0 spiro atoms. The van der Waals surface area contributed by atoms with Crippen molar-refractivity contribution in [3.63, 3.8) is 0 Å². The predicted molar refractivity (Wildman–Crippen MR) is 121 cm³/mol. The van der Waals surface area contributed by atoms with E-state index in [0.717, 1.165) is 49.7 Å². The van der Waals surface area contributed by atoms with Crippen molar-refractivity contribution in [2.75, 3.05) is 40.6 Å². The highest BCUT2D eigenvalue weighted by molar-refractivity contribution is 5.48. The minimum Gasteiger partial charge on any atom is -0.493 e. The van der Waals surface area contributed by atoms with Gasteiger partial charge < -0.3 is 14.2 Å². The van der Waals surface area contributed by atoms with Gasteiger partial charge in [-0.25, -0.2) is 4.39 Å². The zero-order valence-electron chi connectivity index (χ0n) is 18.8. The smallest absolute Gasteiger partial charge is 0.161 e. The third-order valence-corrected chi connectivity index (χ3v) is 6.75. The summed E-state index contributed by atoms with van der Waals surface area (Å²) in [6, 6.07) is 10.6. The topological polar surface area (TPSA) is 30.9 Å². The predicted octanol–water partition coefficient (Wildman–Crippen LogP) is 5.31. The quantitative estimate of drug-likeness (QED) is 0.543. The molecule has 4 nitrogen and oxygen atoms in total. The molecular formula is C26H34FNO3. The second-order valence-corrected chi connectivity index (χ2v) is 8.59. The van der Waals surface area contributed by atoms with Crippen molar-refractivity contribution in [1.82, 2.24) is 4.90 Å². The van der Waals surface area contributed by atoms with Gasteiger partial charge in [-0.3, -0.25) is 4.90 Å². The number of methoxy groups -OCH3 is 2. The molecule has 0 radical (unpaired) electrons. The van der Waals surface area contributed by atoms with Gasteiger partial charge in [0, 0.05) is 13.1 Å². The van der Waals surface area contributed by atoms with E-state index < -0.39 is 6.67 Å². The largest absolute Gasteiger partial charge is 0.493 e. The Labute approximate surface area is 185 Å². The second kappa shape index (κ2) is 10.4. The van der Waals surface area contributed by atoms with Crippen LogP contribution in [0.3, 0.4) is 0 Å². The van der Waals surface area contributed by atoms with E-state index in [0.29, 0.717) is 5.92 Å². The summed E-state index contributed by atoms with van der Waals surface area (Å²) in [6.45, 7) is 2.87. The van der Waals surface area contributed by atoms with Crippen LogP contribution in [0.5, 0.6) is 17.2 Å². The van der Waals surface area contributed by atoms with Gasteiger partial charge in [0.15, 0.2) is 11.5 Å². The molecule has 0 saturated carbocycles. The van der Waals surface area contributed by atoms with Crippen molar-refractivity contribution >= 4 is 0 Å². The Kier molecular flexibility index (Phi) is 7.33. The van der Waals surface area contributed by atoms with E-state index in [2.05, 4.69) is 29.2 Å². The molecule has 1 aliphatic carbocycles. The molecule has 168 valence electrons. The third kappa shape index (κ3) is 4.98. The summed E-state index contributed by atoms with van der Waals surface area (Å²) in [5.74, 6) is 3.10. The van der Waals surface area contributed by atoms with E-state index in [1.807, 2.05) is 6.07 Å². The summed E-state index contributed by atoms with van der Waals surface area (Å²) in [6.07, 6.45) is 6.89. The van der Waals surface area contributed by atoms with Gasteiger partial charge in [0.05, 0.1) is 14.2 Å². The van der Waals surface area contributed by atoms with Crippen LogP contribution in [0.1, 0.15) is 53.9 Å². The summed E-state index contributed by atoms with van der Waals surface area (Å²) < 4.78 is 29.2. The van der Waals surface area contributed by atoms with Crippen LogP contribution in [0.4, 0.5) is 4.39 Å². The molecule has 31 heavy (non-hydrogen) atoms. The maximum Gasteiger partial charge on any atom is 0.161 e. The molecule has 2 aromatic rings. The minimum absolute atomic E-state index is 0.147. The lowest BCUT2D eigenvalue weighted by atomic mass is 9.80. The maximum atomic E-state index is 12.6. The van der Waals surface area contributed by atoms with Crippen LogP contribution < -0.4 is 14.2 Å². The molecule has 0 N–H and O–H groups in total. The van der Waals surface area contributed by atoms with Gasteiger partial charge >= 0.3 is 0 Å². The van der Waals surface area contributed by atoms with Crippen LogP contribution in [-0.4, -0.2) is 45.5 Å². The number of rotatable bonds is 9. The van der Waals surface area contributed by atoms with Crippen LogP contribution >= 0.6 is 0 Å². The highest BCUT2D eigenvalue weighted by Crippen LogP contribution is 2.39. The first kappa shape index (κ1) is 21.9. The first-order chi connectivity index (χ1) is 15.2. The highest BCUT2D eigenvalue weighted by Gasteiger charge is 2.24. The summed E-state index contributed by atoms with van der Waals surface area (Å²) in [7, 11) is 3.39. The molecule has 1 unspecified atom stereocenters. The van der Waals surface area contributed by atoms with Gasteiger partial charge in [-0.2, -0.15) is 0 Å². The Balaban J connectivity index is 1.35. The van der Waals surface area contributed by atoms with Crippen LogP contribution in [0.15, 0.2) is 30.3 Å². The van der Waals surface area contributed by atoms with Gasteiger partial charge in [-0.1, -0.05) is 12.1 Å². The molecule has 2 aromatic carbocycles. The van der Waals surface area contributed by atoms with E-state index in [1.54, 1.807) is 14.2 Å². The summed E-state index contributed by atoms with van der Waals surface area (Å²) in [5, 5.41) is 0. The summed E-state index contributed by atoms with van der Waals surface area (Å²) in [5.41, 5.74) is 5.45. The van der Waals surface area contributed by atoms with E-state index >= 15 is 0 Å². The summed E-state index contributed by atoms with van der Waals surface area (Å²) >= 11 is 0. The first-order valence-corrected chi connectivity index (χ1v) is 11.5. The molecular weight excluding hydrogens is 393 g/mol. The van der Waals surface area contributed by atoms with Crippen molar-refractivity contribution < 1.29 is 18.6 Å². The van der Waals surface area contributed by atoms with Gasteiger partial charge in [0.1, 0.15) is 19.0 Å². The number of hydrogen-bond donors (Lipinski definition) is 0. The fraction of sp³-hybridized carbons (Fsp3) is 0.538. The number of hydrogen-bond acceptors (Lipinski definition) is 4. The molecule has 0 aromatic heterocycles. The van der Waals surface area contributed by atoms with Gasteiger partial charge in [-0.15, -0.1) is 0 Å². The molecule has 0 fully saturated rings. The lowest BCUT2D eigenvalue weighted by molar-refractivity contribution is 0.243. The normalized spacial score (nSPS) is 18.2. The van der Waals surface area contributed by atoms with Crippen molar-refractivity contribution in [3.8, 4) is 17.2 Å². The molecule has 5 heteroatoms. The molecule has 1 atom stereocenters. The fourth-order valence-corrected chi connectivity index (χ4v) is 5.19. The van der Waals surface area contributed by atoms with Gasteiger partial charge in [-0.05, 0) is 91.4 Å². The van der Waals surface area contributed by atoms with Crippen molar-refractivity contribution in [3.05, 3.63) is 52.6 Å². The molecule has 2 aliphatic rings. The van der Waals surface area contributed by atoms with Crippen LogP contribution in [0.25, 0.3) is 0 Å². The number of halogens is 1. The van der Waals surface area contributed by atoms with Crippen molar-refractivity contribution in [2.45, 2.75) is 51.0 Å². The zero-order chi connectivity index (χ0) is 21.6. The number of nitrogens with zero attached hydrogens (tertiary/aromatic N) is 1. The Morgan fingerprint density at radius 3 is 2.61 bits per heavy atom. The fourth-order valence-electron chi connectivity index (χ4n) is 5.19. The Morgan fingerprint density at radius 2 is 1.84 bits per heavy atom. The molecule has 1 heterocycles. The Hall–Kier alpha value is -2.27. The number of fused-ring (bicyclic) bond motifs is 2. The lowest BCUT2D eigenvalue weighted by Crippen LogP contribution is -2.31. The number of benzene rings is 2. The Bertz CT molecular complexity index is 885. The average Bonchev–Trinajstić information content (AvgIpc) is 2.81. The average molecular weight is 428 g/mol.